The van der Waals surface area contributed by atoms with Gasteiger partial charge >= 0.3 is 0 Å². The summed E-state index contributed by atoms with van der Waals surface area (Å²) in [6.07, 6.45) is 5.45. The summed E-state index contributed by atoms with van der Waals surface area (Å²) in [7, 11) is 0. The number of aliphatic hydroxyl groups excluding tert-OH is 1. The molecular weight excluding hydrogens is 264 g/mol. The van der Waals surface area contributed by atoms with Gasteiger partial charge in [-0.2, -0.15) is 5.10 Å². The summed E-state index contributed by atoms with van der Waals surface area (Å²) in [5.74, 6) is 0. The maximum atomic E-state index is 10.1. The average Bonchev–Trinajstić information content (AvgIpc) is 2.88. The first-order valence-corrected chi connectivity index (χ1v) is 8.10. The SMILES string of the molecule is CC(C)(C)c1[nH]ncc1CNC[C@H](O)CN1CCCCC1. The number of likely N-dealkylation sites (tertiary alicyclic amines) is 1. The van der Waals surface area contributed by atoms with Crippen LogP contribution in [0.25, 0.3) is 0 Å². The fourth-order valence-electron chi connectivity index (χ4n) is 2.97. The maximum Gasteiger partial charge on any atom is 0.0791 e. The molecule has 0 saturated carbocycles. The zero-order valence-corrected chi connectivity index (χ0v) is 13.7. The van der Waals surface area contributed by atoms with Crippen LogP contribution in [0.5, 0.6) is 0 Å². The quantitative estimate of drug-likeness (QED) is 0.746. The summed E-state index contributed by atoms with van der Waals surface area (Å²) >= 11 is 0. The van der Waals surface area contributed by atoms with Crippen LogP contribution in [0, 0.1) is 0 Å². The van der Waals surface area contributed by atoms with E-state index in [1.807, 2.05) is 6.20 Å². The monoisotopic (exact) mass is 294 g/mol. The highest BCUT2D eigenvalue weighted by atomic mass is 16.3. The number of piperidine rings is 1. The second-order valence-electron chi connectivity index (χ2n) is 7.17. The van der Waals surface area contributed by atoms with Crippen molar-refractivity contribution in [2.45, 2.75) is 58.1 Å². The third-order valence-corrected chi connectivity index (χ3v) is 4.08. The number of aromatic nitrogens is 2. The van der Waals surface area contributed by atoms with Gasteiger partial charge in [-0.3, -0.25) is 5.10 Å². The van der Waals surface area contributed by atoms with E-state index in [4.69, 9.17) is 0 Å². The minimum atomic E-state index is -0.298. The molecule has 1 aromatic heterocycles. The molecule has 0 spiro atoms. The van der Waals surface area contributed by atoms with Crippen LogP contribution in [0.3, 0.4) is 0 Å². The van der Waals surface area contributed by atoms with Crippen molar-refractivity contribution in [1.82, 2.24) is 20.4 Å². The number of hydrogen-bond acceptors (Lipinski definition) is 4. The Kier molecular flexibility index (Phi) is 5.79. The van der Waals surface area contributed by atoms with Crippen molar-refractivity contribution in [2.24, 2.45) is 0 Å². The van der Waals surface area contributed by atoms with Gasteiger partial charge in [0.15, 0.2) is 0 Å². The van der Waals surface area contributed by atoms with E-state index in [0.717, 1.165) is 26.2 Å². The molecule has 5 heteroatoms. The number of H-pyrrole nitrogens is 1. The molecule has 0 unspecified atom stereocenters. The van der Waals surface area contributed by atoms with Gasteiger partial charge in [0, 0.05) is 36.3 Å². The summed E-state index contributed by atoms with van der Waals surface area (Å²) in [4.78, 5) is 2.37. The van der Waals surface area contributed by atoms with Crippen molar-refractivity contribution in [2.75, 3.05) is 26.2 Å². The smallest absolute Gasteiger partial charge is 0.0791 e. The number of rotatable bonds is 6. The van der Waals surface area contributed by atoms with Gasteiger partial charge in [-0.1, -0.05) is 27.2 Å². The second-order valence-corrected chi connectivity index (χ2v) is 7.17. The van der Waals surface area contributed by atoms with E-state index < -0.39 is 0 Å². The molecule has 1 aromatic rings. The highest BCUT2D eigenvalue weighted by molar-refractivity contribution is 5.23. The summed E-state index contributed by atoms with van der Waals surface area (Å²) < 4.78 is 0. The maximum absolute atomic E-state index is 10.1. The minimum Gasteiger partial charge on any atom is -0.390 e. The molecule has 1 aliphatic rings. The lowest BCUT2D eigenvalue weighted by Gasteiger charge is -2.28. The molecule has 120 valence electrons. The Bertz CT molecular complexity index is 418. The summed E-state index contributed by atoms with van der Waals surface area (Å²) in [5.41, 5.74) is 2.42. The number of β-amino-alcohol motifs (C(OH)–C–C–N with tert-alkyl or cyclic N) is 1. The number of aliphatic hydroxyl groups is 1. The van der Waals surface area contributed by atoms with Crippen LogP contribution in [0.1, 0.15) is 51.3 Å². The Morgan fingerprint density at radius 2 is 2.05 bits per heavy atom. The minimum absolute atomic E-state index is 0.0694. The summed E-state index contributed by atoms with van der Waals surface area (Å²) in [5, 5.41) is 20.7. The van der Waals surface area contributed by atoms with E-state index in [2.05, 4.69) is 41.2 Å². The van der Waals surface area contributed by atoms with Crippen LogP contribution in [0.4, 0.5) is 0 Å². The lowest BCUT2D eigenvalue weighted by Crippen LogP contribution is -2.40. The van der Waals surface area contributed by atoms with Crippen molar-refractivity contribution in [3.05, 3.63) is 17.5 Å². The Balaban J connectivity index is 1.72. The molecular formula is C16H30N4O. The molecule has 2 rings (SSSR count). The molecule has 1 fully saturated rings. The predicted octanol–water partition coefficient (Wildman–Crippen LogP) is 1.64. The number of hydrogen-bond donors (Lipinski definition) is 3. The van der Waals surface area contributed by atoms with E-state index in [9.17, 15) is 5.11 Å². The van der Waals surface area contributed by atoms with Crippen LogP contribution >= 0.6 is 0 Å². The Labute approximate surface area is 128 Å². The zero-order chi connectivity index (χ0) is 15.3. The molecule has 5 nitrogen and oxygen atoms in total. The van der Waals surface area contributed by atoms with Gasteiger partial charge in [-0.05, 0) is 25.9 Å². The van der Waals surface area contributed by atoms with Crippen molar-refractivity contribution < 1.29 is 5.11 Å². The van der Waals surface area contributed by atoms with Crippen LogP contribution in [-0.4, -0.2) is 52.5 Å². The van der Waals surface area contributed by atoms with E-state index in [0.29, 0.717) is 6.54 Å². The summed E-state index contributed by atoms with van der Waals surface area (Å²) in [6, 6.07) is 0. The van der Waals surface area contributed by atoms with E-state index >= 15 is 0 Å². The Hall–Kier alpha value is -0.910. The molecule has 2 heterocycles. The Morgan fingerprint density at radius 1 is 1.33 bits per heavy atom. The standard InChI is InChI=1S/C16H30N4O/c1-16(2,3)15-13(10-18-19-15)9-17-11-14(21)12-20-7-5-4-6-8-20/h10,14,17,21H,4-9,11-12H2,1-3H3,(H,18,19)/t14-/m0/s1. The van der Waals surface area contributed by atoms with Gasteiger partial charge in [-0.15, -0.1) is 0 Å². The molecule has 0 radical (unpaired) electrons. The van der Waals surface area contributed by atoms with Gasteiger partial charge in [-0.25, -0.2) is 0 Å². The topological polar surface area (TPSA) is 64.2 Å². The first kappa shape index (κ1) is 16.5. The molecule has 0 aromatic carbocycles. The Morgan fingerprint density at radius 3 is 2.71 bits per heavy atom. The zero-order valence-electron chi connectivity index (χ0n) is 13.7. The number of nitrogens with zero attached hydrogens (tertiary/aromatic N) is 2. The fourth-order valence-corrected chi connectivity index (χ4v) is 2.97. The van der Waals surface area contributed by atoms with Crippen LogP contribution in [-0.2, 0) is 12.0 Å². The van der Waals surface area contributed by atoms with Crippen molar-refractivity contribution in [1.29, 1.82) is 0 Å². The van der Waals surface area contributed by atoms with Crippen molar-refractivity contribution >= 4 is 0 Å². The summed E-state index contributed by atoms with van der Waals surface area (Å²) in [6.45, 7) is 11.0. The van der Waals surface area contributed by atoms with E-state index in [1.165, 1.54) is 30.5 Å². The number of aromatic amines is 1. The number of nitrogens with one attached hydrogen (secondary N) is 2. The normalized spacial score (nSPS) is 18.9. The lowest BCUT2D eigenvalue weighted by molar-refractivity contribution is 0.1000. The third-order valence-electron chi connectivity index (χ3n) is 4.08. The molecule has 0 bridgehead atoms. The third kappa shape index (κ3) is 5.09. The van der Waals surface area contributed by atoms with Gasteiger partial charge in [0.25, 0.3) is 0 Å². The van der Waals surface area contributed by atoms with E-state index in [-0.39, 0.29) is 11.5 Å². The van der Waals surface area contributed by atoms with Crippen molar-refractivity contribution in [3.8, 4) is 0 Å². The molecule has 1 saturated heterocycles. The largest absolute Gasteiger partial charge is 0.390 e. The van der Waals surface area contributed by atoms with Gasteiger partial charge in [0.05, 0.1) is 12.3 Å². The first-order chi connectivity index (χ1) is 9.97. The molecule has 1 atom stereocenters. The van der Waals surface area contributed by atoms with Gasteiger partial charge < -0.3 is 15.3 Å². The van der Waals surface area contributed by atoms with Crippen LogP contribution < -0.4 is 5.32 Å². The second kappa shape index (κ2) is 7.38. The molecule has 3 N–H and O–H groups in total. The predicted molar refractivity (Wildman–Crippen MR) is 85.3 cm³/mol. The highest BCUT2D eigenvalue weighted by Gasteiger charge is 2.20. The highest BCUT2D eigenvalue weighted by Crippen LogP contribution is 2.23. The van der Waals surface area contributed by atoms with Crippen LogP contribution in [0.2, 0.25) is 0 Å². The average molecular weight is 294 g/mol. The molecule has 0 amide bonds. The van der Waals surface area contributed by atoms with Gasteiger partial charge in [0.1, 0.15) is 0 Å². The van der Waals surface area contributed by atoms with Crippen molar-refractivity contribution in [3.63, 3.8) is 0 Å². The fraction of sp³-hybridized carbons (Fsp3) is 0.812. The van der Waals surface area contributed by atoms with Crippen LogP contribution in [0.15, 0.2) is 6.20 Å². The lowest BCUT2D eigenvalue weighted by atomic mass is 9.89. The van der Waals surface area contributed by atoms with Gasteiger partial charge in [0.2, 0.25) is 0 Å². The molecule has 0 aliphatic carbocycles. The van der Waals surface area contributed by atoms with E-state index in [1.54, 1.807) is 0 Å². The first-order valence-electron chi connectivity index (χ1n) is 8.10. The molecule has 1 aliphatic heterocycles. The molecule has 21 heavy (non-hydrogen) atoms.